The number of carbonyl (C=O) groups excluding carboxylic acids is 3. The number of rotatable bonds is 5. The molecule has 0 unspecified atom stereocenters. The summed E-state index contributed by atoms with van der Waals surface area (Å²) in [5.74, 6) is -0.275. The van der Waals surface area contributed by atoms with Gasteiger partial charge < -0.3 is 5.32 Å². The standard InChI is InChI=1S/C15H14N4O3S/c20-13-10-23-15(22)18(13)9-7-16-14(21)11-2-4-12(5-3-11)19-8-1-6-17-19/h1-6,8H,7,9-10H2,(H,16,21). The fraction of sp³-hybridized carbons (Fsp3) is 0.200. The fourth-order valence-electron chi connectivity index (χ4n) is 2.17. The Morgan fingerprint density at radius 1 is 1.26 bits per heavy atom. The number of benzene rings is 1. The van der Waals surface area contributed by atoms with Crippen molar-refractivity contribution in [3.63, 3.8) is 0 Å². The molecule has 2 heterocycles. The van der Waals surface area contributed by atoms with E-state index in [0.717, 1.165) is 22.3 Å². The monoisotopic (exact) mass is 330 g/mol. The third kappa shape index (κ3) is 3.42. The number of amides is 3. The quantitative estimate of drug-likeness (QED) is 0.893. The van der Waals surface area contributed by atoms with E-state index in [2.05, 4.69) is 10.4 Å². The van der Waals surface area contributed by atoms with Gasteiger partial charge in [0.15, 0.2) is 0 Å². The first-order valence-corrected chi connectivity index (χ1v) is 7.99. The zero-order chi connectivity index (χ0) is 16.2. The maximum atomic E-state index is 12.1. The third-order valence-corrected chi connectivity index (χ3v) is 4.22. The summed E-state index contributed by atoms with van der Waals surface area (Å²) in [6.07, 6.45) is 3.50. The van der Waals surface area contributed by atoms with Crippen LogP contribution in [0.1, 0.15) is 10.4 Å². The summed E-state index contributed by atoms with van der Waals surface area (Å²) in [6, 6.07) is 8.82. The van der Waals surface area contributed by atoms with Gasteiger partial charge in [-0.05, 0) is 30.3 Å². The molecule has 8 heteroatoms. The molecule has 7 nitrogen and oxygen atoms in total. The minimum Gasteiger partial charge on any atom is -0.350 e. The summed E-state index contributed by atoms with van der Waals surface area (Å²) >= 11 is 0.985. The second kappa shape index (κ2) is 6.66. The van der Waals surface area contributed by atoms with Gasteiger partial charge in [-0.15, -0.1) is 0 Å². The lowest BCUT2D eigenvalue weighted by atomic mass is 10.2. The number of aromatic nitrogens is 2. The van der Waals surface area contributed by atoms with Crippen LogP contribution in [0, 0.1) is 0 Å². The Kier molecular flexibility index (Phi) is 4.42. The molecule has 0 saturated carbocycles. The SMILES string of the molecule is O=C(NCCN1C(=O)CSC1=O)c1ccc(-n2cccn2)cc1. The van der Waals surface area contributed by atoms with Gasteiger partial charge in [-0.25, -0.2) is 4.68 Å². The van der Waals surface area contributed by atoms with Gasteiger partial charge in [-0.3, -0.25) is 19.3 Å². The second-order valence-electron chi connectivity index (χ2n) is 4.85. The van der Waals surface area contributed by atoms with Crippen molar-refractivity contribution in [2.45, 2.75) is 0 Å². The summed E-state index contributed by atoms with van der Waals surface area (Å²) in [6.45, 7) is 0.430. The topological polar surface area (TPSA) is 84.3 Å². The molecule has 0 spiro atoms. The van der Waals surface area contributed by atoms with Gasteiger partial charge in [0, 0.05) is 31.0 Å². The molecule has 3 amide bonds. The lowest BCUT2D eigenvalue weighted by Crippen LogP contribution is -2.37. The molecule has 0 aliphatic carbocycles. The van der Waals surface area contributed by atoms with E-state index in [0.29, 0.717) is 5.56 Å². The Labute approximate surface area is 136 Å². The highest BCUT2D eigenvalue weighted by atomic mass is 32.2. The van der Waals surface area contributed by atoms with Crippen molar-refractivity contribution in [2.75, 3.05) is 18.8 Å². The molecule has 118 valence electrons. The molecule has 1 N–H and O–H groups in total. The number of nitrogens with zero attached hydrogens (tertiary/aromatic N) is 3. The normalized spacial score (nSPS) is 14.3. The Balaban J connectivity index is 1.54. The van der Waals surface area contributed by atoms with E-state index in [1.165, 1.54) is 0 Å². The van der Waals surface area contributed by atoms with Crippen LogP contribution in [0.2, 0.25) is 0 Å². The van der Waals surface area contributed by atoms with Gasteiger partial charge in [-0.2, -0.15) is 5.10 Å². The van der Waals surface area contributed by atoms with Gasteiger partial charge in [0.1, 0.15) is 0 Å². The summed E-state index contributed by atoms with van der Waals surface area (Å²) in [5, 5.41) is 6.56. The Bertz CT molecular complexity index is 712. The van der Waals surface area contributed by atoms with E-state index in [4.69, 9.17) is 0 Å². The van der Waals surface area contributed by atoms with Crippen molar-refractivity contribution in [3.05, 3.63) is 48.3 Å². The second-order valence-corrected chi connectivity index (χ2v) is 5.78. The summed E-state index contributed by atoms with van der Waals surface area (Å²) < 4.78 is 1.70. The van der Waals surface area contributed by atoms with Crippen LogP contribution < -0.4 is 5.32 Å². The van der Waals surface area contributed by atoms with Crippen LogP contribution in [0.15, 0.2) is 42.7 Å². The largest absolute Gasteiger partial charge is 0.350 e. The lowest BCUT2D eigenvalue weighted by Gasteiger charge is -2.13. The predicted octanol–water partition coefficient (Wildman–Crippen LogP) is 1.30. The molecule has 23 heavy (non-hydrogen) atoms. The maximum Gasteiger partial charge on any atom is 0.288 e. The average molecular weight is 330 g/mol. The van der Waals surface area contributed by atoms with Crippen molar-refractivity contribution in [2.24, 2.45) is 0 Å². The van der Waals surface area contributed by atoms with Gasteiger partial charge >= 0.3 is 0 Å². The molecule has 1 saturated heterocycles. The molecular formula is C15H14N4O3S. The lowest BCUT2D eigenvalue weighted by molar-refractivity contribution is -0.124. The van der Waals surface area contributed by atoms with Crippen LogP contribution in [-0.4, -0.2) is 50.6 Å². The maximum absolute atomic E-state index is 12.1. The van der Waals surface area contributed by atoms with Crippen LogP contribution in [0.4, 0.5) is 4.79 Å². The summed E-state index contributed by atoms with van der Waals surface area (Å²) in [4.78, 5) is 36.1. The van der Waals surface area contributed by atoms with E-state index in [-0.39, 0.29) is 35.9 Å². The highest BCUT2D eigenvalue weighted by molar-refractivity contribution is 8.14. The van der Waals surface area contributed by atoms with Crippen LogP contribution in [0.5, 0.6) is 0 Å². The van der Waals surface area contributed by atoms with E-state index in [1.807, 2.05) is 12.3 Å². The van der Waals surface area contributed by atoms with Crippen molar-refractivity contribution in [1.82, 2.24) is 20.0 Å². The number of thioether (sulfide) groups is 1. The summed E-state index contributed by atoms with van der Waals surface area (Å²) in [5.41, 5.74) is 1.37. The van der Waals surface area contributed by atoms with Crippen molar-refractivity contribution < 1.29 is 14.4 Å². The Morgan fingerprint density at radius 2 is 2.04 bits per heavy atom. The van der Waals surface area contributed by atoms with Crippen molar-refractivity contribution >= 4 is 28.8 Å². The highest BCUT2D eigenvalue weighted by Crippen LogP contribution is 2.17. The van der Waals surface area contributed by atoms with Gasteiger partial charge in [-0.1, -0.05) is 11.8 Å². The van der Waals surface area contributed by atoms with E-state index >= 15 is 0 Å². The first kappa shape index (κ1) is 15.3. The Morgan fingerprint density at radius 3 is 2.65 bits per heavy atom. The number of hydrogen-bond acceptors (Lipinski definition) is 5. The summed E-state index contributed by atoms with van der Waals surface area (Å²) in [7, 11) is 0. The predicted molar refractivity (Wildman–Crippen MR) is 85.5 cm³/mol. The molecule has 0 atom stereocenters. The number of imide groups is 1. The zero-order valence-corrected chi connectivity index (χ0v) is 13.0. The molecule has 1 aromatic heterocycles. The van der Waals surface area contributed by atoms with E-state index < -0.39 is 0 Å². The molecule has 1 aromatic carbocycles. The number of hydrogen-bond donors (Lipinski definition) is 1. The minimum atomic E-state index is -0.257. The number of carbonyl (C=O) groups is 3. The molecule has 1 aliphatic rings. The smallest absolute Gasteiger partial charge is 0.288 e. The number of nitrogens with one attached hydrogen (secondary N) is 1. The zero-order valence-electron chi connectivity index (χ0n) is 12.1. The fourth-order valence-corrected chi connectivity index (χ4v) is 2.92. The van der Waals surface area contributed by atoms with Gasteiger partial charge in [0.05, 0.1) is 11.4 Å². The Hall–Kier alpha value is -2.61. The third-order valence-electron chi connectivity index (χ3n) is 3.36. The van der Waals surface area contributed by atoms with Crippen molar-refractivity contribution in [1.29, 1.82) is 0 Å². The highest BCUT2D eigenvalue weighted by Gasteiger charge is 2.29. The van der Waals surface area contributed by atoms with E-state index in [9.17, 15) is 14.4 Å². The van der Waals surface area contributed by atoms with Crippen molar-refractivity contribution in [3.8, 4) is 5.69 Å². The molecule has 0 bridgehead atoms. The van der Waals surface area contributed by atoms with Gasteiger partial charge in [0.2, 0.25) is 5.91 Å². The van der Waals surface area contributed by atoms with Crippen LogP contribution in [-0.2, 0) is 4.79 Å². The molecule has 2 aromatic rings. The van der Waals surface area contributed by atoms with Crippen LogP contribution in [0.3, 0.4) is 0 Å². The molecule has 1 fully saturated rings. The first-order valence-electron chi connectivity index (χ1n) is 7.00. The van der Waals surface area contributed by atoms with Crippen LogP contribution in [0.25, 0.3) is 5.69 Å². The molecular weight excluding hydrogens is 316 g/mol. The van der Waals surface area contributed by atoms with Crippen LogP contribution >= 0.6 is 11.8 Å². The molecule has 1 aliphatic heterocycles. The van der Waals surface area contributed by atoms with Gasteiger partial charge in [0.25, 0.3) is 11.1 Å². The molecule has 0 radical (unpaired) electrons. The average Bonchev–Trinajstić information content (AvgIpc) is 3.20. The minimum absolute atomic E-state index is 0.182. The van der Waals surface area contributed by atoms with E-state index in [1.54, 1.807) is 35.1 Å². The molecule has 3 rings (SSSR count). The first-order chi connectivity index (χ1) is 11.1.